The van der Waals surface area contributed by atoms with Crippen molar-refractivity contribution in [2.75, 3.05) is 20.3 Å². The molecule has 1 saturated carbocycles. The van der Waals surface area contributed by atoms with Gasteiger partial charge < -0.3 is 15.2 Å². The Morgan fingerprint density at radius 1 is 1.41 bits per heavy atom. The van der Waals surface area contributed by atoms with E-state index >= 15 is 0 Å². The van der Waals surface area contributed by atoms with E-state index in [1.807, 2.05) is 0 Å². The van der Waals surface area contributed by atoms with Crippen LogP contribution in [-0.4, -0.2) is 37.5 Å². The highest BCUT2D eigenvalue weighted by Crippen LogP contribution is 2.38. The van der Waals surface area contributed by atoms with Gasteiger partial charge in [0.25, 0.3) is 0 Å². The number of ether oxygens (including phenoxy) is 1. The van der Waals surface area contributed by atoms with Crippen LogP contribution in [0.15, 0.2) is 0 Å². The van der Waals surface area contributed by atoms with Crippen LogP contribution in [0.2, 0.25) is 0 Å². The quantitative estimate of drug-likeness (QED) is 0.751. The highest BCUT2D eigenvalue weighted by atomic mass is 16.5. The number of aliphatic hydroxyl groups is 1. The van der Waals surface area contributed by atoms with Crippen molar-refractivity contribution in [2.24, 2.45) is 11.3 Å². The van der Waals surface area contributed by atoms with Crippen LogP contribution in [-0.2, 0) is 4.74 Å². The number of hydrogen-bond donors (Lipinski definition) is 2. The molecule has 1 aliphatic carbocycles. The third-order valence-electron chi connectivity index (χ3n) is 3.70. The van der Waals surface area contributed by atoms with Crippen molar-refractivity contribution in [2.45, 2.75) is 58.5 Å². The van der Waals surface area contributed by atoms with E-state index in [4.69, 9.17) is 9.84 Å². The van der Waals surface area contributed by atoms with Crippen molar-refractivity contribution in [1.29, 1.82) is 0 Å². The molecule has 0 radical (unpaired) electrons. The van der Waals surface area contributed by atoms with Gasteiger partial charge in [0.2, 0.25) is 0 Å². The van der Waals surface area contributed by atoms with Gasteiger partial charge in [-0.15, -0.1) is 0 Å². The van der Waals surface area contributed by atoms with Crippen LogP contribution in [0.25, 0.3) is 0 Å². The Kier molecular flexibility index (Phi) is 5.90. The van der Waals surface area contributed by atoms with E-state index in [0.29, 0.717) is 18.1 Å². The standard InChI is InChI=1S/C14H29NO2/c1-11-7-13(9-14(2,3)8-11)15-12(5-6-16)10-17-4/h11-13,15-16H,5-10H2,1-4H3. The molecular weight excluding hydrogens is 214 g/mol. The summed E-state index contributed by atoms with van der Waals surface area (Å²) in [6, 6.07) is 0.858. The SMILES string of the molecule is COCC(CCO)NC1CC(C)CC(C)(C)C1. The molecule has 2 N–H and O–H groups in total. The van der Waals surface area contributed by atoms with Crippen LogP contribution in [0.3, 0.4) is 0 Å². The Morgan fingerprint density at radius 2 is 2.12 bits per heavy atom. The van der Waals surface area contributed by atoms with Crippen molar-refractivity contribution >= 4 is 0 Å². The number of hydrogen-bond acceptors (Lipinski definition) is 3. The highest BCUT2D eigenvalue weighted by molar-refractivity contribution is 4.88. The van der Waals surface area contributed by atoms with E-state index < -0.39 is 0 Å². The molecule has 0 spiro atoms. The van der Waals surface area contributed by atoms with E-state index in [1.54, 1.807) is 7.11 Å². The van der Waals surface area contributed by atoms with Gasteiger partial charge in [0.05, 0.1) is 6.61 Å². The predicted molar refractivity (Wildman–Crippen MR) is 71.1 cm³/mol. The van der Waals surface area contributed by atoms with Gasteiger partial charge in [0.15, 0.2) is 0 Å². The van der Waals surface area contributed by atoms with Crippen LogP contribution in [0.4, 0.5) is 0 Å². The maximum Gasteiger partial charge on any atom is 0.0616 e. The largest absolute Gasteiger partial charge is 0.396 e. The smallest absolute Gasteiger partial charge is 0.0616 e. The van der Waals surface area contributed by atoms with Gasteiger partial charge in [-0.25, -0.2) is 0 Å². The fourth-order valence-electron chi connectivity index (χ4n) is 3.38. The molecule has 0 aromatic carbocycles. The van der Waals surface area contributed by atoms with Gasteiger partial charge in [0.1, 0.15) is 0 Å². The van der Waals surface area contributed by atoms with Crippen LogP contribution in [0, 0.1) is 11.3 Å². The average molecular weight is 243 g/mol. The summed E-state index contributed by atoms with van der Waals surface area (Å²) in [5, 5.41) is 12.7. The van der Waals surface area contributed by atoms with Crippen LogP contribution in [0.1, 0.15) is 46.5 Å². The summed E-state index contributed by atoms with van der Waals surface area (Å²) in [5.41, 5.74) is 0.437. The molecule has 0 aromatic heterocycles. The second-order valence-corrected chi connectivity index (χ2v) is 6.44. The Morgan fingerprint density at radius 3 is 2.65 bits per heavy atom. The van der Waals surface area contributed by atoms with Crippen LogP contribution >= 0.6 is 0 Å². The summed E-state index contributed by atoms with van der Waals surface area (Å²) in [6.45, 7) is 7.97. The van der Waals surface area contributed by atoms with Gasteiger partial charge in [-0.3, -0.25) is 0 Å². The van der Waals surface area contributed by atoms with Crippen molar-refractivity contribution in [3.05, 3.63) is 0 Å². The predicted octanol–water partition coefficient (Wildman–Crippen LogP) is 2.19. The molecular formula is C14H29NO2. The number of methoxy groups -OCH3 is 1. The number of rotatable bonds is 6. The van der Waals surface area contributed by atoms with E-state index in [1.165, 1.54) is 19.3 Å². The lowest BCUT2D eigenvalue weighted by molar-refractivity contribution is 0.107. The molecule has 3 atom stereocenters. The zero-order valence-corrected chi connectivity index (χ0v) is 11.8. The first-order valence-electron chi connectivity index (χ1n) is 6.82. The topological polar surface area (TPSA) is 41.5 Å². The molecule has 0 bridgehead atoms. The molecule has 3 unspecified atom stereocenters. The van der Waals surface area contributed by atoms with Crippen LogP contribution in [0.5, 0.6) is 0 Å². The lowest BCUT2D eigenvalue weighted by atomic mass is 9.70. The third kappa shape index (κ3) is 5.36. The van der Waals surface area contributed by atoms with Gasteiger partial charge in [0, 0.05) is 25.8 Å². The van der Waals surface area contributed by atoms with Crippen LogP contribution < -0.4 is 5.32 Å². The molecule has 3 nitrogen and oxygen atoms in total. The fourth-order valence-corrected chi connectivity index (χ4v) is 3.38. The minimum atomic E-state index is 0.229. The molecule has 0 saturated heterocycles. The molecule has 0 aromatic rings. The summed E-state index contributed by atoms with van der Waals surface area (Å²) in [4.78, 5) is 0. The minimum Gasteiger partial charge on any atom is -0.396 e. The zero-order chi connectivity index (χ0) is 12.9. The average Bonchev–Trinajstić information content (AvgIpc) is 2.14. The molecule has 0 heterocycles. The third-order valence-corrected chi connectivity index (χ3v) is 3.70. The fraction of sp³-hybridized carbons (Fsp3) is 1.00. The molecule has 0 aliphatic heterocycles. The summed E-state index contributed by atoms with van der Waals surface area (Å²) < 4.78 is 5.20. The van der Waals surface area contributed by atoms with Gasteiger partial charge in [-0.1, -0.05) is 20.8 Å². The first-order valence-corrected chi connectivity index (χ1v) is 6.82. The summed E-state index contributed by atoms with van der Waals surface area (Å²) in [5.74, 6) is 0.786. The van der Waals surface area contributed by atoms with Crippen molar-refractivity contribution in [1.82, 2.24) is 5.32 Å². The molecule has 102 valence electrons. The minimum absolute atomic E-state index is 0.229. The van der Waals surface area contributed by atoms with E-state index in [0.717, 1.165) is 12.3 Å². The monoisotopic (exact) mass is 243 g/mol. The molecule has 3 heteroatoms. The molecule has 1 fully saturated rings. The number of nitrogens with one attached hydrogen (secondary N) is 1. The van der Waals surface area contributed by atoms with Crippen molar-refractivity contribution in [3.63, 3.8) is 0 Å². The molecule has 1 aliphatic rings. The molecule has 0 amide bonds. The van der Waals surface area contributed by atoms with Crippen molar-refractivity contribution < 1.29 is 9.84 Å². The van der Waals surface area contributed by atoms with Gasteiger partial charge in [-0.05, 0) is 37.0 Å². The summed E-state index contributed by atoms with van der Waals surface area (Å²) in [6.07, 6.45) is 4.57. The first-order chi connectivity index (χ1) is 7.96. The lowest BCUT2D eigenvalue weighted by Gasteiger charge is -2.40. The highest BCUT2D eigenvalue weighted by Gasteiger charge is 2.32. The Bertz CT molecular complexity index is 212. The normalized spacial score (nSPS) is 30.2. The van der Waals surface area contributed by atoms with Gasteiger partial charge >= 0.3 is 0 Å². The van der Waals surface area contributed by atoms with E-state index in [9.17, 15) is 0 Å². The summed E-state index contributed by atoms with van der Waals surface area (Å²) in [7, 11) is 1.72. The number of aliphatic hydroxyl groups excluding tert-OH is 1. The second kappa shape index (κ2) is 6.72. The molecule has 1 rings (SSSR count). The maximum absolute atomic E-state index is 9.05. The Labute approximate surface area is 106 Å². The molecule has 17 heavy (non-hydrogen) atoms. The lowest BCUT2D eigenvalue weighted by Crippen LogP contribution is -2.46. The Balaban J connectivity index is 2.47. The first kappa shape index (κ1) is 14.9. The van der Waals surface area contributed by atoms with Crippen molar-refractivity contribution in [3.8, 4) is 0 Å². The Hall–Kier alpha value is -0.120. The van der Waals surface area contributed by atoms with E-state index in [-0.39, 0.29) is 12.6 Å². The maximum atomic E-state index is 9.05. The second-order valence-electron chi connectivity index (χ2n) is 6.44. The van der Waals surface area contributed by atoms with E-state index in [2.05, 4.69) is 26.1 Å². The van der Waals surface area contributed by atoms with Gasteiger partial charge in [-0.2, -0.15) is 0 Å². The zero-order valence-electron chi connectivity index (χ0n) is 11.8. The summed E-state index contributed by atoms with van der Waals surface area (Å²) >= 11 is 0.